The Morgan fingerprint density at radius 1 is 2.00 bits per heavy atom. The van der Waals surface area contributed by atoms with Gasteiger partial charge in [-0.25, -0.2) is 0 Å². The maximum absolute atomic E-state index is 10.3. The van der Waals surface area contributed by atoms with Crippen molar-refractivity contribution in [3.63, 3.8) is 0 Å². The van der Waals surface area contributed by atoms with E-state index in [-0.39, 0.29) is 12.1 Å². The van der Waals surface area contributed by atoms with Crippen LogP contribution in [0.1, 0.15) is 6.92 Å². The quantitative estimate of drug-likeness (QED) is 0.326. The van der Waals surface area contributed by atoms with Crippen molar-refractivity contribution in [1.82, 2.24) is 0 Å². The number of thiol groups is 1. The summed E-state index contributed by atoms with van der Waals surface area (Å²) < 4.78 is 9.68. The second-order valence-electron chi connectivity index (χ2n) is 1.70. The molecule has 0 spiro atoms. The molecule has 0 bridgehead atoms. The van der Waals surface area contributed by atoms with Gasteiger partial charge in [0.05, 0.1) is 0 Å². The SMILES string of the molecule is CC(=O)OC1C=[SH]OC1. The number of ether oxygens (including phenoxy) is 1. The summed E-state index contributed by atoms with van der Waals surface area (Å²) in [6.07, 6.45) is -0.121. The minimum atomic E-state index is -0.253. The maximum atomic E-state index is 10.3. The molecule has 1 atom stereocenters. The van der Waals surface area contributed by atoms with E-state index in [1.54, 1.807) is 5.37 Å². The Hall–Kier alpha value is -0.350. The second-order valence-corrected chi connectivity index (χ2v) is 2.47. The summed E-state index contributed by atoms with van der Waals surface area (Å²) in [6, 6.07) is 0. The fraction of sp³-hybridized carbons (Fsp3) is 0.600. The highest BCUT2D eigenvalue weighted by Crippen LogP contribution is 2.05. The van der Waals surface area contributed by atoms with Gasteiger partial charge in [-0.3, -0.25) is 4.79 Å². The number of hydrogen-bond donors (Lipinski definition) is 1. The predicted molar refractivity (Wildman–Crippen MR) is 36.6 cm³/mol. The molecular formula is C5H8O3S. The average Bonchev–Trinajstić information content (AvgIpc) is 2.15. The first kappa shape index (κ1) is 6.77. The normalized spacial score (nSPS) is 25.2. The zero-order chi connectivity index (χ0) is 6.69. The highest BCUT2D eigenvalue weighted by molar-refractivity contribution is 7.93. The van der Waals surface area contributed by atoms with E-state index in [9.17, 15) is 4.79 Å². The van der Waals surface area contributed by atoms with Crippen LogP contribution in [0.3, 0.4) is 0 Å². The smallest absolute Gasteiger partial charge is 0.303 e. The Morgan fingerprint density at radius 2 is 2.78 bits per heavy atom. The van der Waals surface area contributed by atoms with Crippen LogP contribution in [0.5, 0.6) is 0 Å². The van der Waals surface area contributed by atoms with E-state index in [2.05, 4.69) is 0 Å². The Morgan fingerprint density at radius 3 is 3.22 bits per heavy atom. The zero-order valence-corrected chi connectivity index (χ0v) is 5.93. The molecule has 1 aliphatic rings. The molecule has 1 aliphatic heterocycles. The summed E-state index contributed by atoms with van der Waals surface area (Å²) >= 11 is 0.804. The first-order valence-electron chi connectivity index (χ1n) is 2.61. The Labute approximate surface area is 57.1 Å². The van der Waals surface area contributed by atoms with E-state index in [0.717, 1.165) is 11.6 Å². The largest absolute Gasteiger partial charge is 0.455 e. The molecule has 0 N–H and O–H groups in total. The van der Waals surface area contributed by atoms with Crippen molar-refractivity contribution >= 4 is 23.0 Å². The van der Waals surface area contributed by atoms with Crippen LogP contribution in [0.4, 0.5) is 0 Å². The van der Waals surface area contributed by atoms with Gasteiger partial charge in [-0.2, -0.15) is 0 Å². The van der Waals surface area contributed by atoms with E-state index in [4.69, 9.17) is 8.92 Å². The van der Waals surface area contributed by atoms with Crippen LogP contribution in [0.2, 0.25) is 0 Å². The number of esters is 1. The monoisotopic (exact) mass is 148 g/mol. The first-order valence-corrected chi connectivity index (χ1v) is 3.50. The minimum Gasteiger partial charge on any atom is -0.455 e. The third-order valence-corrected chi connectivity index (χ3v) is 1.61. The molecule has 0 aliphatic carbocycles. The lowest BCUT2D eigenvalue weighted by Gasteiger charge is -2.04. The standard InChI is InChI=1S/C5H8O3S/c1-4(6)8-5-2-7-9-3-5/h3,5,9H,2H2,1H3. The van der Waals surface area contributed by atoms with Crippen LogP contribution >= 0.6 is 11.6 Å². The molecule has 3 nitrogen and oxygen atoms in total. The Bertz CT molecular complexity index is 143. The summed E-state index contributed by atoms with van der Waals surface area (Å²) in [7, 11) is 0. The van der Waals surface area contributed by atoms with Crippen LogP contribution in [0.25, 0.3) is 0 Å². The number of carbonyl (C=O) groups is 1. The molecular weight excluding hydrogens is 140 g/mol. The topological polar surface area (TPSA) is 35.5 Å². The van der Waals surface area contributed by atoms with Crippen molar-refractivity contribution in [3.8, 4) is 0 Å². The van der Waals surface area contributed by atoms with Gasteiger partial charge in [0.2, 0.25) is 0 Å². The summed E-state index contributed by atoms with van der Waals surface area (Å²) in [5.74, 6) is -0.253. The van der Waals surface area contributed by atoms with Crippen LogP contribution < -0.4 is 0 Å². The molecule has 0 saturated heterocycles. The van der Waals surface area contributed by atoms with Gasteiger partial charge in [-0.1, -0.05) is 11.6 Å². The van der Waals surface area contributed by atoms with Crippen molar-refractivity contribution in [1.29, 1.82) is 0 Å². The van der Waals surface area contributed by atoms with Gasteiger partial charge in [-0.05, 0) is 0 Å². The van der Waals surface area contributed by atoms with E-state index in [1.807, 2.05) is 0 Å². The van der Waals surface area contributed by atoms with Crippen LogP contribution in [-0.4, -0.2) is 24.0 Å². The number of rotatable bonds is 1. The lowest BCUT2D eigenvalue weighted by atomic mass is 10.4. The van der Waals surface area contributed by atoms with Crippen LogP contribution in [0, 0.1) is 0 Å². The van der Waals surface area contributed by atoms with Crippen molar-refractivity contribution in [2.75, 3.05) is 6.61 Å². The second kappa shape index (κ2) is 2.98. The van der Waals surface area contributed by atoms with Crippen molar-refractivity contribution in [2.24, 2.45) is 0 Å². The first-order chi connectivity index (χ1) is 4.29. The third-order valence-electron chi connectivity index (χ3n) is 0.858. The van der Waals surface area contributed by atoms with E-state index in [1.165, 1.54) is 6.92 Å². The van der Waals surface area contributed by atoms with Gasteiger partial charge in [0, 0.05) is 12.3 Å². The third kappa shape index (κ3) is 2.15. The molecule has 4 heteroatoms. The fourth-order valence-corrected chi connectivity index (χ4v) is 1.15. The van der Waals surface area contributed by atoms with E-state index in [0.29, 0.717) is 6.61 Å². The summed E-state index contributed by atoms with van der Waals surface area (Å²) in [5, 5.41) is 1.81. The fourth-order valence-electron chi connectivity index (χ4n) is 0.548. The molecule has 0 saturated carbocycles. The Kier molecular flexibility index (Phi) is 2.24. The van der Waals surface area contributed by atoms with Crippen LogP contribution in [-0.2, 0) is 13.7 Å². The van der Waals surface area contributed by atoms with Crippen molar-refractivity contribution in [2.45, 2.75) is 13.0 Å². The highest BCUT2D eigenvalue weighted by Gasteiger charge is 2.11. The van der Waals surface area contributed by atoms with E-state index < -0.39 is 0 Å². The maximum Gasteiger partial charge on any atom is 0.303 e. The molecule has 1 unspecified atom stereocenters. The van der Waals surface area contributed by atoms with Gasteiger partial charge in [0.15, 0.2) is 6.10 Å². The molecule has 0 amide bonds. The lowest BCUT2D eigenvalue weighted by molar-refractivity contribution is -0.143. The minimum absolute atomic E-state index is 0.121. The molecule has 1 rings (SSSR count). The molecule has 0 radical (unpaired) electrons. The average molecular weight is 148 g/mol. The van der Waals surface area contributed by atoms with Gasteiger partial charge in [0.25, 0.3) is 0 Å². The number of hydrogen-bond acceptors (Lipinski definition) is 3. The zero-order valence-electron chi connectivity index (χ0n) is 5.03. The molecule has 1 heterocycles. The van der Waals surface area contributed by atoms with E-state index >= 15 is 0 Å². The van der Waals surface area contributed by atoms with Gasteiger partial charge in [-0.15, -0.1) is 0 Å². The molecule has 52 valence electrons. The molecule has 0 aromatic rings. The van der Waals surface area contributed by atoms with Crippen LogP contribution in [0.15, 0.2) is 0 Å². The molecule has 0 fully saturated rings. The number of carbonyl (C=O) groups excluding carboxylic acids is 1. The molecule has 0 aromatic heterocycles. The highest BCUT2D eigenvalue weighted by atomic mass is 32.2. The van der Waals surface area contributed by atoms with Crippen molar-refractivity contribution < 1.29 is 13.7 Å². The van der Waals surface area contributed by atoms with Gasteiger partial charge >= 0.3 is 5.97 Å². The van der Waals surface area contributed by atoms with Crippen molar-refractivity contribution in [3.05, 3.63) is 0 Å². The summed E-state index contributed by atoms with van der Waals surface area (Å²) in [5.41, 5.74) is 0. The van der Waals surface area contributed by atoms with Gasteiger partial charge < -0.3 is 8.92 Å². The predicted octanol–water partition coefficient (Wildman–Crippen LogP) is 0.131. The molecule has 9 heavy (non-hydrogen) atoms. The summed E-state index contributed by atoms with van der Waals surface area (Å²) in [4.78, 5) is 10.3. The lowest BCUT2D eigenvalue weighted by Crippen LogP contribution is -2.18. The van der Waals surface area contributed by atoms with Gasteiger partial charge in [0.1, 0.15) is 6.61 Å². The summed E-state index contributed by atoms with van der Waals surface area (Å²) in [6.45, 7) is 1.89. The Balaban J connectivity index is 2.28. The molecule has 0 aromatic carbocycles.